The molecule has 2 rings (SSSR count). The zero-order chi connectivity index (χ0) is 12.3. The Morgan fingerprint density at radius 1 is 1.35 bits per heavy atom. The number of rotatable bonds is 2. The summed E-state index contributed by atoms with van der Waals surface area (Å²) >= 11 is 0. The number of hydrogen-bond acceptors (Lipinski definition) is 3. The topological polar surface area (TPSA) is 63.4 Å². The van der Waals surface area contributed by atoms with Crippen LogP contribution >= 0.6 is 0 Å². The van der Waals surface area contributed by atoms with Crippen molar-refractivity contribution in [2.75, 3.05) is 13.1 Å². The third kappa shape index (κ3) is 2.50. The summed E-state index contributed by atoms with van der Waals surface area (Å²) in [4.78, 5) is 23.9. The third-order valence-electron chi connectivity index (χ3n) is 2.65. The lowest BCUT2D eigenvalue weighted by atomic mass is 10.1. The van der Waals surface area contributed by atoms with Crippen molar-refractivity contribution in [2.24, 2.45) is 0 Å². The highest BCUT2D eigenvalue weighted by Gasteiger charge is 2.17. The van der Waals surface area contributed by atoms with Crippen molar-refractivity contribution in [3.8, 4) is 0 Å². The second-order valence-corrected chi connectivity index (χ2v) is 3.82. The fraction of sp³-hybridized carbons (Fsp3) is 0.250. The van der Waals surface area contributed by atoms with Crippen molar-refractivity contribution in [1.29, 1.82) is 0 Å². The molecule has 0 aliphatic carbocycles. The number of nitro benzene ring substituents is 1. The van der Waals surface area contributed by atoms with Gasteiger partial charge in [0.2, 0.25) is 0 Å². The van der Waals surface area contributed by atoms with Crippen LogP contribution in [0.2, 0.25) is 0 Å². The molecule has 0 unspecified atom stereocenters. The van der Waals surface area contributed by atoms with Gasteiger partial charge < -0.3 is 4.90 Å². The Morgan fingerprint density at radius 2 is 2.18 bits per heavy atom. The summed E-state index contributed by atoms with van der Waals surface area (Å²) in [5.74, 6) is -0.155. The summed E-state index contributed by atoms with van der Waals surface area (Å²) in [6.45, 7) is 1.24. The Balaban J connectivity index is 2.21. The molecule has 1 aromatic carbocycles. The highest BCUT2D eigenvalue weighted by Crippen LogP contribution is 2.15. The van der Waals surface area contributed by atoms with Crippen molar-refractivity contribution >= 4 is 11.6 Å². The normalized spacial score (nSPS) is 14.7. The predicted octanol–water partition coefficient (Wildman–Crippen LogP) is 2.00. The number of carbonyl (C=O) groups is 1. The van der Waals surface area contributed by atoms with Crippen LogP contribution in [-0.4, -0.2) is 28.8 Å². The van der Waals surface area contributed by atoms with E-state index < -0.39 is 4.92 Å². The van der Waals surface area contributed by atoms with Gasteiger partial charge >= 0.3 is 0 Å². The van der Waals surface area contributed by atoms with Gasteiger partial charge in [-0.2, -0.15) is 0 Å². The standard InChI is InChI=1S/C12H12N2O3/c15-12(13-7-2-1-3-8-13)10-5-4-6-11(9-10)14(16)17/h1-2,4-6,9H,3,7-8H2. The largest absolute Gasteiger partial charge is 0.335 e. The molecule has 1 aliphatic heterocycles. The molecule has 5 heteroatoms. The smallest absolute Gasteiger partial charge is 0.270 e. The highest BCUT2D eigenvalue weighted by atomic mass is 16.6. The SMILES string of the molecule is O=C(c1cccc([N+](=O)[O-])c1)N1CC=CCC1. The Kier molecular flexibility index (Phi) is 3.18. The lowest BCUT2D eigenvalue weighted by Crippen LogP contribution is -2.33. The average molecular weight is 232 g/mol. The Bertz CT molecular complexity index is 482. The van der Waals surface area contributed by atoms with E-state index in [2.05, 4.69) is 0 Å². The van der Waals surface area contributed by atoms with Crippen LogP contribution in [0.1, 0.15) is 16.8 Å². The molecule has 17 heavy (non-hydrogen) atoms. The van der Waals surface area contributed by atoms with Crippen molar-refractivity contribution < 1.29 is 9.72 Å². The second kappa shape index (κ2) is 4.78. The second-order valence-electron chi connectivity index (χ2n) is 3.82. The van der Waals surface area contributed by atoms with E-state index in [1.807, 2.05) is 12.2 Å². The number of amides is 1. The maximum absolute atomic E-state index is 12.0. The van der Waals surface area contributed by atoms with Crippen LogP contribution < -0.4 is 0 Å². The van der Waals surface area contributed by atoms with Crippen LogP contribution in [0.15, 0.2) is 36.4 Å². The van der Waals surface area contributed by atoms with E-state index in [4.69, 9.17) is 0 Å². The fourth-order valence-corrected chi connectivity index (χ4v) is 1.76. The molecule has 0 bridgehead atoms. The van der Waals surface area contributed by atoms with E-state index in [-0.39, 0.29) is 11.6 Å². The Hall–Kier alpha value is -2.17. The van der Waals surface area contributed by atoms with Crippen molar-refractivity contribution in [3.05, 3.63) is 52.1 Å². The van der Waals surface area contributed by atoms with E-state index in [1.54, 1.807) is 11.0 Å². The van der Waals surface area contributed by atoms with E-state index in [1.165, 1.54) is 18.2 Å². The molecule has 0 aromatic heterocycles. The molecule has 0 radical (unpaired) electrons. The van der Waals surface area contributed by atoms with Gasteiger partial charge in [0.25, 0.3) is 11.6 Å². The molecule has 0 N–H and O–H groups in total. The van der Waals surface area contributed by atoms with Crippen LogP contribution in [0.5, 0.6) is 0 Å². The minimum atomic E-state index is -0.493. The van der Waals surface area contributed by atoms with E-state index in [9.17, 15) is 14.9 Å². The zero-order valence-corrected chi connectivity index (χ0v) is 9.20. The summed E-state index contributed by atoms with van der Waals surface area (Å²) in [5, 5.41) is 10.6. The van der Waals surface area contributed by atoms with Gasteiger partial charge in [-0.15, -0.1) is 0 Å². The molecule has 0 atom stereocenters. The summed E-state index contributed by atoms with van der Waals surface area (Å²) < 4.78 is 0. The van der Waals surface area contributed by atoms with Crippen molar-refractivity contribution in [3.63, 3.8) is 0 Å². The van der Waals surface area contributed by atoms with E-state index >= 15 is 0 Å². The third-order valence-corrected chi connectivity index (χ3v) is 2.65. The molecular weight excluding hydrogens is 220 g/mol. The molecule has 1 heterocycles. The first-order chi connectivity index (χ1) is 8.18. The molecule has 0 fully saturated rings. The minimum absolute atomic E-state index is 0.0524. The summed E-state index contributed by atoms with van der Waals surface area (Å²) in [6.07, 6.45) is 4.79. The first kappa shape index (κ1) is 11.3. The molecule has 5 nitrogen and oxygen atoms in total. The number of carbonyl (C=O) groups excluding carboxylic acids is 1. The quantitative estimate of drug-likeness (QED) is 0.445. The lowest BCUT2D eigenvalue weighted by molar-refractivity contribution is -0.384. The van der Waals surface area contributed by atoms with Gasteiger partial charge in [0.15, 0.2) is 0 Å². The van der Waals surface area contributed by atoms with Crippen LogP contribution in [0.25, 0.3) is 0 Å². The Morgan fingerprint density at radius 3 is 2.82 bits per heavy atom. The number of nitro groups is 1. The van der Waals surface area contributed by atoms with Gasteiger partial charge in [0.05, 0.1) is 4.92 Å². The number of nitrogens with zero attached hydrogens (tertiary/aromatic N) is 2. The number of hydrogen-bond donors (Lipinski definition) is 0. The molecular formula is C12H12N2O3. The summed E-state index contributed by atoms with van der Waals surface area (Å²) in [7, 11) is 0. The van der Waals surface area contributed by atoms with Gasteiger partial charge in [-0.3, -0.25) is 14.9 Å². The average Bonchev–Trinajstić information content (AvgIpc) is 2.39. The number of non-ortho nitro benzene ring substituents is 1. The molecule has 0 saturated heterocycles. The van der Waals surface area contributed by atoms with Gasteiger partial charge in [-0.1, -0.05) is 18.2 Å². The molecule has 1 amide bonds. The Labute approximate surface area is 98.5 Å². The van der Waals surface area contributed by atoms with Crippen LogP contribution in [0.3, 0.4) is 0 Å². The minimum Gasteiger partial charge on any atom is -0.335 e. The number of benzene rings is 1. The molecule has 0 saturated carbocycles. The fourth-order valence-electron chi connectivity index (χ4n) is 1.76. The van der Waals surface area contributed by atoms with Crippen LogP contribution in [-0.2, 0) is 0 Å². The van der Waals surface area contributed by atoms with Gasteiger partial charge in [0.1, 0.15) is 0 Å². The van der Waals surface area contributed by atoms with E-state index in [0.29, 0.717) is 18.7 Å². The molecule has 88 valence electrons. The summed E-state index contributed by atoms with van der Waals surface area (Å²) in [6, 6.07) is 5.84. The van der Waals surface area contributed by atoms with E-state index in [0.717, 1.165) is 6.42 Å². The first-order valence-electron chi connectivity index (χ1n) is 5.37. The van der Waals surface area contributed by atoms with Gasteiger partial charge in [-0.05, 0) is 12.5 Å². The predicted molar refractivity (Wildman–Crippen MR) is 62.8 cm³/mol. The van der Waals surface area contributed by atoms with Gasteiger partial charge in [-0.25, -0.2) is 0 Å². The van der Waals surface area contributed by atoms with Crippen LogP contribution in [0.4, 0.5) is 5.69 Å². The zero-order valence-electron chi connectivity index (χ0n) is 9.20. The van der Waals surface area contributed by atoms with Crippen molar-refractivity contribution in [2.45, 2.75) is 6.42 Å². The van der Waals surface area contributed by atoms with Crippen molar-refractivity contribution in [1.82, 2.24) is 4.90 Å². The first-order valence-corrected chi connectivity index (χ1v) is 5.37. The molecule has 1 aromatic rings. The van der Waals surface area contributed by atoms with Gasteiger partial charge in [0, 0.05) is 30.8 Å². The van der Waals surface area contributed by atoms with Crippen LogP contribution in [0, 0.1) is 10.1 Å². The molecule has 0 spiro atoms. The summed E-state index contributed by atoms with van der Waals surface area (Å²) in [5.41, 5.74) is 0.318. The lowest BCUT2D eigenvalue weighted by Gasteiger charge is -2.23. The monoisotopic (exact) mass is 232 g/mol. The maximum atomic E-state index is 12.0. The highest BCUT2D eigenvalue weighted by molar-refractivity contribution is 5.95. The molecule has 1 aliphatic rings. The maximum Gasteiger partial charge on any atom is 0.270 e.